The first-order valence-electron chi connectivity index (χ1n) is 9.10. The third-order valence-electron chi connectivity index (χ3n) is 4.41. The molecular weight excluding hydrogens is 370 g/mol. The summed E-state index contributed by atoms with van der Waals surface area (Å²) in [5.41, 5.74) is 0.968. The summed E-state index contributed by atoms with van der Waals surface area (Å²) >= 11 is 0. The second kappa shape index (κ2) is 7.97. The highest BCUT2D eigenvalue weighted by Crippen LogP contribution is 2.22. The second-order valence-electron chi connectivity index (χ2n) is 6.49. The number of para-hydroxylation sites is 1. The Morgan fingerprint density at radius 3 is 2.55 bits per heavy atom. The van der Waals surface area contributed by atoms with Gasteiger partial charge in [-0.1, -0.05) is 18.2 Å². The van der Waals surface area contributed by atoms with Crippen molar-refractivity contribution >= 4 is 22.6 Å². The summed E-state index contributed by atoms with van der Waals surface area (Å²) in [6.07, 6.45) is 3.07. The van der Waals surface area contributed by atoms with Crippen LogP contribution >= 0.6 is 0 Å². The van der Waals surface area contributed by atoms with Crippen molar-refractivity contribution in [2.24, 2.45) is 7.05 Å². The molecule has 0 unspecified atom stereocenters. The molecule has 29 heavy (non-hydrogen) atoms. The number of carbonyl (C=O) groups is 1. The molecular formula is C21H19N5O3. The first-order valence-corrected chi connectivity index (χ1v) is 9.10. The molecule has 0 saturated carbocycles. The molecule has 0 bridgehead atoms. The van der Waals surface area contributed by atoms with Gasteiger partial charge in [-0.25, -0.2) is 4.98 Å². The summed E-state index contributed by atoms with van der Waals surface area (Å²) in [5.74, 6) is 1.23. The fourth-order valence-corrected chi connectivity index (χ4v) is 2.90. The van der Waals surface area contributed by atoms with Crippen LogP contribution in [0.2, 0.25) is 0 Å². The van der Waals surface area contributed by atoms with E-state index < -0.39 is 0 Å². The summed E-state index contributed by atoms with van der Waals surface area (Å²) in [7, 11) is 1.72. The molecule has 2 aromatic heterocycles. The molecule has 0 spiro atoms. The minimum absolute atomic E-state index is 0.148. The van der Waals surface area contributed by atoms with E-state index in [2.05, 4.69) is 15.4 Å². The van der Waals surface area contributed by atoms with Gasteiger partial charge >= 0.3 is 0 Å². The Labute approximate surface area is 166 Å². The van der Waals surface area contributed by atoms with Crippen LogP contribution in [0.25, 0.3) is 11.0 Å². The molecule has 0 aliphatic rings. The van der Waals surface area contributed by atoms with Crippen molar-refractivity contribution in [1.29, 1.82) is 0 Å². The molecule has 146 valence electrons. The smallest absolute Gasteiger partial charge is 0.264 e. The van der Waals surface area contributed by atoms with Crippen molar-refractivity contribution in [2.45, 2.75) is 13.0 Å². The minimum Gasteiger partial charge on any atom is -0.457 e. The molecule has 4 aromatic rings. The van der Waals surface area contributed by atoms with E-state index in [9.17, 15) is 9.59 Å². The number of nitrogens with zero attached hydrogens (tertiary/aromatic N) is 4. The van der Waals surface area contributed by atoms with Gasteiger partial charge in [0.1, 0.15) is 16.9 Å². The van der Waals surface area contributed by atoms with E-state index in [1.54, 1.807) is 36.0 Å². The lowest BCUT2D eigenvalue weighted by atomic mass is 10.3. The van der Waals surface area contributed by atoms with Crippen LogP contribution in [0.5, 0.6) is 11.5 Å². The number of fused-ring (bicyclic) bond motifs is 1. The van der Waals surface area contributed by atoms with Gasteiger partial charge < -0.3 is 10.1 Å². The second-order valence-corrected chi connectivity index (χ2v) is 6.49. The van der Waals surface area contributed by atoms with Gasteiger partial charge in [-0.3, -0.25) is 18.8 Å². The van der Waals surface area contributed by atoms with E-state index in [1.165, 1.54) is 17.1 Å². The number of aromatic nitrogens is 4. The van der Waals surface area contributed by atoms with Crippen molar-refractivity contribution < 1.29 is 9.53 Å². The average molecular weight is 389 g/mol. The van der Waals surface area contributed by atoms with Crippen LogP contribution in [0.4, 0.5) is 5.69 Å². The Morgan fingerprint density at radius 2 is 1.79 bits per heavy atom. The zero-order chi connectivity index (χ0) is 20.2. The van der Waals surface area contributed by atoms with Gasteiger partial charge in [0.25, 0.3) is 5.56 Å². The first-order chi connectivity index (χ1) is 14.1. The predicted octanol–water partition coefficient (Wildman–Crippen LogP) is 2.95. The fraction of sp³-hybridized carbons (Fsp3) is 0.143. The Hall–Kier alpha value is -3.94. The van der Waals surface area contributed by atoms with E-state index in [0.29, 0.717) is 22.5 Å². The van der Waals surface area contributed by atoms with Crippen LogP contribution in [0.1, 0.15) is 6.42 Å². The number of nitrogens with one attached hydrogen (secondary N) is 1. The fourth-order valence-electron chi connectivity index (χ4n) is 2.90. The summed E-state index contributed by atoms with van der Waals surface area (Å²) < 4.78 is 8.69. The maximum Gasteiger partial charge on any atom is 0.264 e. The lowest BCUT2D eigenvalue weighted by Crippen LogP contribution is -2.23. The molecule has 8 heteroatoms. The summed E-state index contributed by atoms with van der Waals surface area (Å²) in [4.78, 5) is 28.9. The van der Waals surface area contributed by atoms with Crippen LogP contribution in [0.15, 0.2) is 71.9 Å². The van der Waals surface area contributed by atoms with Crippen LogP contribution in [0.3, 0.4) is 0 Å². The van der Waals surface area contributed by atoms with Crippen LogP contribution in [-0.2, 0) is 18.4 Å². The topological polar surface area (TPSA) is 91.0 Å². The number of hydrogen-bond donors (Lipinski definition) is 1. The molecule has 1 N–H and O–H groups in total. The number of anilines is 1. The number of aryl methyl sites for hydroxylation is 2. The number of amides is 1. The number of carbonyl (C=O) groups excluding carboxylic acids is 1. The number of benzene rings is 2. The molecule has 0 radical (unpaired) electrons. The molecule has 1 amide bonds. The van der Waals surface area contributed by atoms with Crippen molar-refractivity contribution in [3.8, 4) is 11.5 Å². The quantitative estimate of drug-likeness (QED) is 0.547. The predicted molar refractivity (Wildman–Crippen MR) is 109 cm³/mol. The standard InChI is InChI=1S/C21H19N5O3/c1-25-20-18(13-23-25)21(28)26(14-22-20)12-11-19(27)24-15-7-9-17(10-8-15)29-16-5-3-2-4-6-16/h2-10,13-14H,11-12H2,1H3,(H,24,27). The lowest BCUT2D eigenvalue weighted by molar-refractivity contribution is -0.116. The Bertz CT molecular complexity index is 1200. The summed E-state index contributed by atoms with van der Waals surface area (Å²) in [6, 6.07) is 16.6. The van der Waals surface area contributed by atoms with Crippen molar-refractivity contribution in [1.82, 2.24) is 19.3 Å². The molecule has 2 aromatic carbocycles. The third kappa shape index (κ3) is 4.16. The van der Waals surface area contributed by atoms with E-state index in [-0.39, 0.29) is 24.4 Å². The van der Waals surface area contributed by atoms with Crippen LogP contribution in [0, 0.1) is 0 Å². The molecule has 2 heterocycles. The molecule has 8 nitrogen and oxygen atoms in total. The van der Waals surface area contributed by atoms with Gasteiger partial charge in [0.2, 0.25) is 5.91 Å². The molecule has 0 fully saturated rings. The maximum absolute atomic E-state index is 12.4. The van der Waals surface area contributed by atoms with Crippen molar-refractivity contribution in [2.75, 3.05) is 5.32 Å². The highest BCUT2D eigenvalue weighted by atomic mass is 16.5. The van der Waals surface area contributed by atoms with Gasteiger partial charge in [0.15, 0.2) is 5.65 Å². The highest BCUT2D eigenvalue weighted by Gasteiger charge is 2.10. The highest BCUT2D eigenvalue weighted by molar-refractivity contribution is 5.90. The summed E-state index contributed by atoms with van der Waals surface area (Å²) in [5, 5.41) is 7.29. The largest absolute Gasteiger partial charge is 0.457 e. The SMILES string of the molecule is Cn1ncc2c(=O)n(CCC(=O)Nc3ccc(Oc4ccccc4)cc3)cnc21. The van der Waals surface area contributed by atoms with Gasteiger partial charge in [-0.05, 0) is 36.4 Å². The van der Waals surface area contributed by atoms with E-state index >= 15 is 0 Å². The molecule has 0 aliphatic carbocycles. The van der Waals surface area contributed by atoms with Gasteiger partial charge in [-0.2, -0.15) is 5.10 Å². The maximum atomic E-state index is 12.4. The Kier molecular flexibility index (Phi) is 5.07. The van der Waals surface area contributed by atoms with Crippen molar-refractivity contribution in [3.05, 3.63) is 77.5 Å². The van der Waals surface area contributed by atoms with E-state index in [4.69, 9.17) is 4.74 Å². The number of hydrogen-bond acceptors (Lipinski definition) is 5. The first kappa shape index (κ1) is 18.4. The van der Waals surface area contributed by atoms with Gasteiger partial charge in [-0.15, -0.1) is 0 Å². The molecule has 0 aliphatic heterocycles. The lowest BCUT2D eigenvalue weighted by Gasteiger charge is -2.09. The zero-order valence-electron chi connectivity index (χ0n) is 15.8. The minimum atomic E-state index is -0.210. The number of rotatable bonds is 6. The summed E-state index contributed by atoms with van der Waals surface area (Å²) in [6.45, 7) is 0.234. The molecule has 0 atom stereocenters. The third-order valence-corrected chi connectivity index (χ3v) is 4.41. The van der Waals surface area contributed by atoms with Gasteiger partial charge in [0.05, 0.1) is 12.5 Å². The zero-order valence-corrected chi connectivity index (χ0v) is 15.8. The normalized spacial score (nSPS) is 10.8. The van der Waals surface area contributed by atoms with Crippen molar-refractivity contribution in [3.63, 3.8) is 0 Å². The monoisotopic (exact) mass is 389 g/mol. The van der Waals surface area contributed by atoms with E-state index in [0.717, 1.165) is 5.75 Å². The van der Waals surface area contributed by atoms with Crippen LogP contribution in [-0.4, -0.2) is 25.2 Å². The molecule has 4 rings (SSSR count). The van der Waals surface area contributed by atoms with E-state index in [1.807, 2.05) is 30.3 Å². The number of ether oxygens (including phenoxy) is 1. The Morgan fingerprint density at radius 1 is 1.07 bits per heavy atom. The molecule has 0 saturated heterocycles. The average Bonchev–Trinajstić information content (AvgIpc) is 3.11. The Balaban J connectivity index is 1.35. The van der Waals surface area contributed by atoms with Gasteiger partial charge in [0, 0.05) is 25.7 Å². The van der Waals surface area contributed by atoms with Crippen LogP contribution < -0.4 is 15.6 Å².